The van der Waals surface area contributed by atoms with Gasteiger partial charge < -0.3 is 15.7 Å². The molecule has 0 heterocycles. The third-order valence-corrected chi connectivity index (χ3v) is 2.91. The minimum absolute atomic E-state index is 0.0869. The summed E-state index contributed by atoms with van der Waals surface area (Å²) in [6.45, 7) is 2.21. The first-order valence-electron chi connectivity index (χ1n) is 6.79. The van der Waals surface area contributed by atoms with Crippen molar-refractivity contribution in [2.45, 2.75) is 25.8 Å². The van der Waals surface area contributed by atoms with Gasteiger partial charge in [0.2, 0.25) is 5.91 Å². The molecule has 3 N–H and O–H groups in total. The lowest BCUT2D eigenvalue weighted by Gasteiger charge is -2.17. The number of carbonyl (C=O) groups is 3. The van der Waals surface area contributed by atoms with Crippen molar-refractivity contribution in [3.05, 3.63) is 35.9 Å². The van der Waals surface area contributed by atoms with Gasteiger partial charge in [0.25, 0.3) is 0 Å². The predicted molar refractivity (Wildman–Crippen MR) is 78.1 cm³/mol. The Labute approximate surface area is 123 Å². The van der Waals surface area contributed by atoms with Gasteiger partial charge in [-0.2, -0.15) is 0 Å². The second-order valence-corrected chi connectivity index (χ2v) is 4.65. The summed E-state index contributed by atoms with van der Waals surface area (Å²) < 4.78 is 0. The highest BCUT2D eigenvalue weighted by molar-refractivity contribution is 6.00. The largest absolute Gasteiger partial charge is 0.481 e. The van der Waals surface area contributed by atoms with E-state index in [9.17, 15) is 14.4 Å². The predicted octanol–water partition coefficient (Wildman–Crippen LogP) is 0.828. The third-order valence-electron chi connectivity index (χ3n) is 2.91. The van der Waals surface area contributed by atoms with E-state index in [0.29, 0.717) is 18.7 Å². The van der Waals surface area contributed by atoms with E-state index < -0.39 is 12.0 Å². The van der Waals surface area contributed by atoms with E-state index in [-0.39, 0.29) is 24.5 Å². The number of nitrogens with one attached hydrogen (secondary N) is 2. The van der Waals surface area contributed by atoms with E-state index in [1.54, 1.807) is 24.3 Å². The van der Waals surface area contributed by atoms with Gasteiger partial charge >= 0.3 is 5.97 Å². The molecule has 0 fully saturated rings. The van der Waals surface area contributed by atoms with Crippen LogP contribution in [0.4, 0.5) is 0 Å². The molecule has 0 radical (unpaired) electrons. The fraction of sp³-hybridized carbons (Fsp3) is 0.400. The number of hydrogen-bond acceptors (Lipinski definition) is 4. The molecule has 1 rings (SSSR count). The van der Waals surface area contributed by atoms with E-state index in [0.717, 1.165) is 0 Å². The lowest BCUT2D eigenvalue weighted by molar-refractivity contribution is -0.137. The molecule has 0 aliphatic carbocycles. The number of carboxylic acid groups (broad SMARTS) is 1. The molecule has 0 saturated carbocycles. The zero-order chi connectivity index (χ0) is 15.7. The van der Waals surface area contributed by atoms with Crippen molar-refractivity contribution in [2.75, 3.05) is 13.1 Å². The average Bonchev–Trinajstić information content (AvgIpc) is 2.46. The Kier molecular flexibility index (Phi) is 7.11. The van der Waals surface area contributed by atoms with Crippen LogP contribution in [0, 0.1) is 0 Å². The fourth-order valence-corrected chi connectivity index (χ4v) is 1.88. The van der Waals surface area contributed by atoms with Gasteiger partial charge in [-0.15, -0.1) is 0 Å². The number of aliphatic carboxylic acids is 1. The number of carbonyl (C=O) groups excluding carboxylic acids is 2. The van der Waals surface area contributed by atoms with Crippen molar-refractivity contribution in [3.8, 4) is 0 Å². The van der Waals surface area contributed by atoms with Crippen LogP contribution in [0.25, 0.3) is 0 Å². The standard InChI is InChI=1S/C15H20N2O4/c1-11(18)16-9-10-17-13(7-8-14(19)20)15(21)12-5-3-2-4-6-12/h2-6,13,17H,7-10H2,1H3,(H,16,18)(H,19,20). The minimum atomic E-state index is -0.940. The topological polar surface area (TPSA) is 95.5 Å². The second-order valence-electron chi connectivity index (χ2n) is 4.65. The zero-order valence-corrected chi connectivity index (χ0v) is 12.0. The van der Waals surface area contributed by atoms with Crippen molar-refractivity contribution in [2.24, 2.45) is 0 Å². The molecular formula is C15H20N2O4. The highest BCUT2D eigenvalue weighted by atomic mass is 16.4. The van der Waals surface area contributed by atoms with Gasteiger partial charge in [0, 0.05) is 32.0 Å². The van der Waals surface area contributed by atoms with Crippen LogP contribution in [0.2, 0.25) is 0 Å². The van der Waals surface area contributed by atoms with Crippen molar-refractivity contribution < 1.29 is 19.5 Å². The normalized spacial score (nSPS) is 11.7. The smallest absolute Gasteiger partial charge is 0.303 e. The molecule has 0 spiro atoms. The Balaban J connectivity index is 2.60. The number of benzene rings is 1. The molecule has 0 aliphatic heterocycles. The molecule has 1 unspecified atom stereocenters. The fourth-order valence-electron chi connectivity index (χ4n) is 1.88. The lowest BCUT2D eigenvalue weighted by atomic mass is 10.00. The van der Waals surface area contributed by atoms with E-state index in [2.05, 4.69) is 10.6 Å². The van der Waals surface area contributed by atoms with Crippen LogP contribution in [0.1, 0.15) is 30.1 Å². The monoisotopic (exact) mass is 292 g/mol. The molecule has 6 heteroatoms. The Hall–Kier alpha value is -2.21. The molecule has 6 nitrogen and oxygen atoms in total. The van der Waals surface area contributed by atoms with Crippen LogP contribution in [-0.4, -0.2) is 41.9 Å². The molecule has 1 amide bonds. The number of Topliss-reactive ketones (excluding diaryl/α,β-unsaturated/α-hetero) is 1. The van der Waals surface area contributed by atoms with Gasteiger partial charge in [-0.25, -0.2) is 0 Å². The lowest BCUT2D eigenvalue weighted by Crippen LogP contribution is -2.41. The molecule has 114 valence electrons. The highest BCUT2D eigenvalue weighted by Crippen LogP contribution is 2.08. The number of hydrogen-bond donors (Lipinski definition) is 3. The summed E-state index contributed by atoms with van der Waals surface area (Å²) in [7, 11) is 0. The Morgan fingerprint density at radius 3 is 2.38 bits per heavy atom. The third kappa shape index (κ3) is 6.67. The summed E-state index contributed by atoms with van der Waals surface area (Å²) in [6, 6.07) is 8.17. The van der Waals surface area contributed by atoms with Crippen LogP contribution >= 0.6 is 0 Å². The summed E-state index contributed by atoms with van der Waals surface area (Å²) in [5.41, 5.74) is 0.542. The van der Waals surface area contributed by atoms with E-state index >= 15 is 0 Å². The molecule has 1 aromatic carbocycles. The molecule has 0 bridgehead atoms. The zero-order valence-electron chi connectivity index (χ0n) is 12.0. The van der Waals surface area contributed by atoms with Crippen LogP contribution < -0.4 is 10.6 Å². The first kappa shape index (κ1) is 16.8. The van der Waals surface area contributed by atoms with Crippen molar-refractivity contribution in [1.82, 2.24) is 10.6 Å². The van der Waals surface area contributed by atoms with E-state index in [1.807, 2.05) is 6.07 Å². The van der Waals surface area contributed by atoms with Crippen LogP contribution in [-0.2, 0) is 9.59 Å². The highest BCUT2D eigenvalue weighted by Gasteiger charge is 2.20. The summed E-state index contributed by atoms with van der Waals surface area (Å²) in [4.78, 5) is 33.8. The average molecular weight is 292 g/mol. The molecular weight excluding hydrogens is 272 g/mol. The molecule has 1 aromatic rings. The number of carboxylic acids is 1. The van der Waals surface area contributed by atoms with Gasteiger partial charge in [0.1, 0.15) is 0 Å². The van der Waals surface area contributed by atoms with Crippen LogP contribution in [0.3, 0.4) is 0 Å². The number of amides is 1. The van der Waals surface area contributed by atoms with Crippen LogP contribution in [0.15, 0.2) is 30.3 Å². The molecule has 1 atom stereocenters. The Bertz CT molecular complexity index is 488. The minimum Gasteiger partial charge on any atom is -0.481 e. The van der Waals surface area contributed by atoms with Gasteiger partial charge in [0.05, 0.1) is 6.04 Å². The maximum Gasteiger partial charge on any atom is 0.303 e. The van der Waals surface area contributed by atoms with E-state index in [4.69, 9.17) is 5.11 Å². The molecule has 21 heavy (non-hydrogen) atoms. The summed E-state index contributed by atoms with van der Waals surface area (Å²) in [5.74, 6) is -1.22. The quantitative estimate of drug-likeness (QED) is 0.463. The first-order valence-corrected chi connectivity index (χ1v) is 6.79. The van der Waals surface area contributed by atoms with Gasteiger partial charge in [-0.1, -0.05) is 30.3 Å². The Morgan fingerprint density at radius 1 is 1.14 bits per heavy atom. The Morgan fingerprint density at radius 2 is 1.81 bits per heavy atom. The first-order chi connectivity index (χ1) is 10.0. The SMILES string of the molecule is CC(=O)NCCNC(CCC(=O)O)C(=O)c1ccccc1. The van der Waals surface area contributed by atoms with Gasteiger partial charge in [0.15, 0.2) is 5.78 Å². The maximum absolute atomic E-state index is 12.3. The summed E-state index contributed by atoms with van der Waals surface area (Å²) in [5, 5.41) is 14.4. The number of rotatable bonds is 9. The molecule has 0 aromatic heterocycles. The van der Waals surface area contributed by atoms with Crippen molar-refractivity contribution >= 4 is 17.7 Å². The second kappa shape index (κ2) is 8.86. The van der Waals surface area contributed by atoms with Crippen LogP contribution in [0.5, 0.6) is 0 Å². The molecule has 0 aliphatic rings. The van der Waals surface area contributed by atoms with E-state index in [1.165, 1.54) is 6.92 Å². The summed E-state index contributed by atoms with van der Waals surface area (Å²) >= 11 is 0. The maximum atomic E-state index is 12.3. The molecule has 0 saturated heterocycles. The summed E-state index contributed by atoms with van der Waals surface area (Å²) in [6.07, 6.45) is 0.125. The van der Waals surface area contributed by atoms with Gasteiger partial charge in [-0.05, 0) is 6.42 Å². The van der Waals surface area contributed by atoms with Crippen molar-refractivity contribution in [1.29, 1.82) is 0 Å². The van der Waals surface area contributed by atoms with Gasteiger partial charge in [-0.3, -0.25) is 14.4 Å². The number of ketones is 1. The van der Waals surface area contributed by atoms with Crippen molar-refractivity contribution in [3.63, 3.8) is 0 Å².